The lowest BCUT2D eigenvalue weighted by molar-refractivity contribution is 0.184. The standard InChI is InChI=1S/C13H9FN6OS/c1-21-7-11-17-18-13(22-11)20-12(10(6-15)16-19-20)8-3-2-4-9(14)5-8/h2-5H,7H2,1H3. The SMILES string of the molecule is COCc1nnc(-n2nnc(C#N)c2-c2cccc(F)c2)s1. The van der Waals surface area contributed by atoms with E-state index >= 15 is 0 Å². The molecule has 0 unspecified atom stereocenters. The molecule has 0 aliphatic heterocycles. The molecule has 0 saturated carbocycles. The van der Waals surface area contributed by atoms with Crippen LogP contribution in [-0.4, -0.2) is 32.3 Å². The number of hydrogen-bond donors (Lipinski definition) is 0. The van der Waals surface area contributed by atoms with E-state index in [2.05, 4.69) is 20.5 Å². The van der Waals surface area contributed by atoms with Gasteiger partial charge in [0.1, 0.15) is 29.2 Å². The van der Waals surface area contributed by atoms with Crippen LogP contribution in [0.2, 0.25) is 0 Å². The summed E-state index contributed by atoms with van der Waals surface area (Å²) in [7, 11) is 1.56. The second-order valence-corrected chi connectivity index (χ2v) is 5.27. The number of ether oxygens (including phenoxy) is 1. The molecule has 2 heterocycles. The van der Waals surface area contributed by atoms with Crippen LogP contribution in [0.4, 0.5) is 4.39 Å². The highest BCUT2D eigenvalue weighted by atomic mass is 32.1. The Hall–Kier alpha value is -2.70. The van der Waals surface area contributed by atoms with Crippen LogP contribution in [0.15, 0.2) is 24.3 Å². The summed E-state index contributed by atoms with van der Waals surface area (Å²) in [6.45, 7) is 0.326. The summed E-state index contributed by atoms with van der Waals surface area (Å²) in [6.07, 6.45) is 0. The highest BCUT2D eigenvalue weighted by molar-refractivity contribution is 7.13. The van der Waals surface area contributed by atoms with Crippen molar-refractivity contribution < 1.29 is 9.13 Å². The molecule has 0 aliphatic rings. The van der Waals surface area contributed by atoms with Gasteiger partial charge in [-0.05, 0) is 12.1 Å². The molecule has 22 heavy (non-hydrogen) atoms. The molecule has 0 fully saturated rings. The molecule has 0 amide bonds. The number of methoxy groups -OCH3 is 1. The molecular weight excluding hydrogens is 307 g/mol. The summed E-state index contributed by atoms with van der Waals surface area (Å²) < 4.78 is 19.8. The Bertz CT molecular complexity index is 852. The fraction of sp³-hybridized carbons (Fsp3) is 0.154. The van der Waals surface area contributed by atoms with Crippen LogP contribution in [-0.2, 0) is 11.3 Å². The average molecular weight is 316 g/mol. The summed E-state index contributed by atoms with van der Waals surface area (Å²) in [4.78, 5) is 0. The maximum absolute atomic E-state index is 13.5. The summed E-state index contributed by atoms with van der Waals surface area (Å²) in [5, 5.41) is 26.0. The molecule has 3 rings (SSSR count). The van der Waals surface area contributed by atoms with E-state index in [-0.39, 0.29) is 5.69 Å². The van der Waals surface area contributed by atoms with Crippen LogP contribution < -0.4 is 0 Å². The molecule has 0 saturated heterocycles. The molecule has 2 aromatic heterocycles. The van der Waals surface area contributed by atoms with Gasteiger partial charge in [-0.25, -0.2) is 4.39 Å². The number of benzene rings is 1. The van der Waals surface area contributed by atoms with Gasteiger partial charge in [0.2, 0.25) is 5.13 Å². The number of hydrogen-bond acceptors (Lipinski definition) is 7. The van der Waals surface area contributed by atoms with E-state index in [1.54, 1.807) is 19.2 Å². The van der Waals surface area contributed by atoms with Gasteiger partial charge >= 0.3 is 0 Å². The largest absolute Gasteiger partial charge is 0.377 e. The van der Waals surface area contributed by atoms with E-state index in [9.17, 15) is 9.65 Å². The van der Waals surface area contributed by atoms with Crippen LogP contribution >= 0.6 is 11.3 Å². The van der Waals surface area contributed by atoms with Crippen LogP contribution in [0.25, 0.3) is 16.4 Å². The molecule has 3 aromatic rings. The predicted molar refractivity (Wildman–Crippen MR) is 75.6 cm³/mol. The highest BCUT2D eigenvalue weighted by Crippen LogP contribution is 2.26. The lowest BCUT2D eigenvalue weighted by Crippen LogP contribution is -1.99. The van der Waals surface area contributed by atoms with Gasteiger partial charge in [-0.2, -0.15) is 9.94 Å². The predicted octanol–water partition coefficient (Wildman–Crippen LogP) is 1.94. The fourth-order valence-corrected chi connectivity index (χ4v) is 2.66. The minimum atomic E-state index is -0.411. The van der Waals surface area contributed by atoms with Crippen molar-refractivity contribution in [3.63, 3.8) is 0 Å². The average Bonchev–Trinajstić information content (AvgIpc) is 3.13. The molecular formula is C13H9FN6OS. The van der Waals surface area contributed by atoms with Gasteiger partial charge in [0.05, 0.1) is 0 Å². The van der Waals surface area contributed by atoms with Gasteiger partial charge in [-0.15, -0.1) is 15.3 Å². The first kappa shape index (κ1) is 14.2. The van der Waals surface area contributed by atoms with Gasteiger partial charge in [0.25, 0.3) is 0 Å². The Kier molecular flexibility index (Phi) is 3.86. The van der Waals surface area contributed by atoms with Crippen molar-refractivity contribution in [1.29, 1.82) is 5.26 Å². The van der Waals surface area contributed by atoms with Crippen molar-refractivity contribution in [2.75, 3.05) is 7.11 Å². The highest BCUT2D eigenvalue weighted by Gasteiger charge is 2.19. The summed E-state index contributed by atoms with van der Waals surface area (Å²) >= 11 is 1.26. The zero-order valence-corrected chi connectivity index (χ0v) is 12.2. The summed E-state index contributed by atoms with van der Waals surface area (Å²) in [5.74, 6) is -0.411. The number of nitriles is 1. The van der Waals surface area contributed by atoms with Gasteiger partial charge < -0.3 is 4.74 Å². The Labute approximate surface area is 128 Å². The van der Waals surface area contributed by atoms with Crippen LogP contribution in [0.5, 0.6) is 0 Å². The van der Waals surface area contributed by atoms with Gasteiger partial charge in [-0.1, -0.05) is 28.7 Å². The number of nitrogens with zero attached hydrogens (tertiary/aromatic N) is 6. The second-order valence-electron chi connectivity index (χ2n) is 4.23. The smallest absolute Gasteiger partial charge is 0.234 e. The van der Waals surface area contributed by atoms with Crippen molar-refractivity contribution in [3.05, 3.63) is 40.8 Å². The number of rotatable bonds is 4. The van der Waals surface area contributed by atoms with Gasteiger partial charge in [-0.3, -0.25) is 0 Å². The lowest BCUT2D eigenvalue weighted by atomic mass is 10.1. The van der Waals surface area contributed by atoms with Crippen LogP contribution in [0, 0.1) is 17.1 Å². The van der Waals surface area contributed by atoms with Crippen LogP contribution in [0.3, 0.4) is 0 Å². The van der Waals surface area contributed by atoms with Crippen molar-refractivity contribution in [1.82, 2.24) is 25.2 Å². The number of aromatic nitrogens is 5. The maximum atomic E-state index is 13.5. The molecule has 7 nitrogen and oxygen atoms in total. The molecule has 0 aliphatic carbocycles. The molecule has 0 spiro atoms. The molecule has 0 radical (unpaired) electrons. The Morgan fingerprint density at radius 2 is 2.23 bits per heavy atom. The van der Waals surface area contributed by atoms with E-state index in [0.29, 0.717) is 28.0 Å². The third-order valence-electron chi connectivity index (χ3n) is 2.78. The molecule has 9 heteroatoms. The maximum Gasteiger partial charge on any atom is 0.234 e. The Morgan fingerprint density at radius 1 is 1.36 bits per heavy atom. The molecule has 0 atom stereocenters. The first-order valence-electron chi connectivity index (χ1n) is 6.16. The van der Waals surface area contributed by atoms with Crippen molar-refractivity contribution >= 4 is 11.3 Å². The fourth-order valence-electron chi connectivity index (χ4n) is 1.90. The van der Waals surface area contributed by atoms with Gasteiger partial charge in [0, 0.05) is 12.7 Å². The molecule has 110 valence electrons. The van der Waals surface area contributed by atoms with E-state index in [4.69, 9.17) is 4.74 Å². The van der Waals surface area contributed by atoms with Crippen molar-refractivity contribution in [3.8, 4) is 22.5 Å². The quantitative estimate of drug-likeness (QED) is 0.731. The van der Waals surface area contributed by atoms with Crippen LogP contribution in [0.1, 0.15) is 10.7 Å². The summed E-state index contributed by atoms with van der Waals surface area (Å²) in [6, 6.07) is 7.82. The number of halogens is 1. The Morgan fingerprint density at radius 3 is 2.95 bits per heavy atom. The third kappa shape index (κ3) is 2.57. The zero-order valence-electron chi connectivity index (χ0n) is 11.4. The van der Waals surface area contributed by atoms with E-state index in [0.717, 1.165) is 0 Å². The summed E-state index contributed by atoms with van der Waals surface area (Å²) in [5.41, 5.74) is 0.959. The topological polar surface area (TPSA) is 89.5 Å². The first-order valence-corrected chi connectivity index (χ1v) is 6.98. The normalized spacial score (nSPS) is 10.6. The van der Waals surface area contributed by atoms with Crippen molar-refractivity contribution in [2.45, 2.75) is 6.61 Å². The third-order valence-corrected chi connectivity index (χ3v) is 3.65. The molecule has 0 N–H and O–H groups in total. The Balaban J connectivity index is 2.13. The lowest BCUT2D eigenvalue weighted by Gasteiger charge is -2.03. The van der Waals surface area contributed by atoms with E-state index in [1.807, 2.05) is 6.07 Å². The van der Waals surface area contributed by atoms with Crippen molar-refractivity contribution in [2.24, 2.45) is 0 Å². The monoisotopic (exact) mass is 316 g/mol. The van der Waals surface area contributed by atoms with E-state index in [1.165, 1.54) is 28.2 Å². The zero-order chi connectivity index (χ0) is 15.5. The van der Waals surface area contributed by atoms with Gasteiger partial charge in [0.15, 0.2) is 5.69 Å². The minimum absolute atomic E-state index is 0.0918. The molecule has 0 bridgehead atoms. The minimum Gasteiger partial charge on any atom is -0.377 e. The first-order chi connectivity index (χ1) is 10.7. The second kappa shape index (κ2) is 5.97. The van der Waals surface area contributed by atoms with E-state index < -0.39 is 5.82 Å². The molecule has 1 aromatic carbocycles.